The molecule has 1 N–H and O–H groups in total. The predicted octanol–water partition coefficient (Wildman–Crippen LogP) is 2.66. The summed E-state index contributed by atoms with van der Waals surface area (Å²) in [5.74, 6) is -0.0831. The Morgan fingerprint density at radius 1 is 1.50 bits per heavy atom. The highest BCUT2D eigenvalue weighted by molar-refractivity contribution is 5.85. The number of carboxylic acids is 1. The van der Waals surface area contributed by atoms with E-state index in [1.165, 1.54) is 0 Å². The normalized spacial score (nSPS) is 9.81. The highest BCUT2D eigenvalue weighted by Crippen LogP contribution is 2.15. The lowest BCUT2D eigenvalue weighted by Crippen LogP contribution is -1.99. The molecule has 0 aromatic heterocycles. The van der Waals surface area contributed by atoms with Crippen molar-refractivity contribution < 1.29 is 14.6 Å². The van der Waals surface area contributed by atoms with Crippen LogP contribution in [-0.2, 0) is 11.2 Å². The molecule has 0 bridgehead atoms. The second-order valence-corrected chi connectivity index (χ2v) is 3.61. The van der Waals surface area contributed by atoms with Gasteiger partial charge in [-0.25, -0.2) is 4.79 Å². The summed E-state index contributed by atoms with van der Waals surface area (Å²) in [6.07, 6.45) is 2.15. The molecule has 0 aliphatic heterocycles. The maximum atomic E-state index is 10.5. The van der Waals surface area contributed by atoms with Crippen LogP contribution in [0.25, 0.3) is 0 Å². The zero-order chi connectivity index (χ0) is 12.0. The van der Waals surface area contributed by atoms with Crippen molar-refractivity contribution in [2.24, 2.45) is 0 Å². The summed E-state index contributed by atoms with van der Waals surface area (Å²) < 4.78 is 5.11. The van der Waals surface area contributed by atoms with Gasteiger partial charge in [-0.15, -0.1) is 0 Å². The van der Waals surface area contributed by atoms with Gasteiger partial charge < -0.3 is 9.84 Å². The maximum Gasteiger partial charge on any atom is 0.330 e. The Hall–Kier alpha value is -1.77. The van der Waals surface area contributed by atoms with Gasteiger partial charge in [0.25, 0.3) is 0 Å². The lowest BCUT2D eigenvalue weighted by molar-refractivity contribution is -0.132. The van der Waals surface area contributed by atoms with Gasteiger partial charge in [0, 0.05) is 5.57 Å². The van der Waals surface area contributed by atoms with E-state index in [2.05, 4.69) is 6.58 Å². The largest absolute Gasteiger partial charge is 0.497 e. The first-order valence-corrected chi connectivity index (χ1v) is 5.17. The van der Waals surface area contributed by atoms with Gasteiger partial charge in [0.05, 0.1) is 7.11 Å². The molecule has 0 spiro atoms. The Labute approximate surface area is 95.4 Å². The number of carbonyl (C=O) groups is 1. The fourth-order valence-electron chi connectivity index (χ4n) is 1.44. The molecule has 0 aliphatic carbocycles. The zero-order valence-electron chi connectivity index (χ0n) is 9.40. The monoisotopic (exact) mass is 220 g/mol. The van der Waals surface area contributed by atoms with Crippen LogP contribution in [0.3, 0.4) is 0 Å². The molecule has 16 heavy (non-hydrogen) atoms. The van der Waals surface area contributed by atoms with E-state index in [-0.39, 0.29) is 5.57 Å². The van der Waals surface area contributed by atoms with Crippen LogP contribution in [0.15, 0.2) is 36.4 Å². The van der Waals surface area contributed by atoms with E-state index < -0.39 is 5.97 Å². The summed E-state index contributed by atoms with van der Waals surface area (Å²) in [6.45, 7) is 3.49. The van der Waals surface area contributed by atoms with Crippen molar-refractivity contribution in [3.63, 3.8) is 0 Å². The highest BCUT2D eigenvalue weighted by Gasteiger charge is 2.03. The van der Waals surface area contributed by atoms with Crippen LogP contribution in [0.4, 0.5) is 0 Å². The van der Waals surface area contributed by atoms with E-state index in [1.54, 1.807) is 7.11 Å². The van der Waals surface area contributed by atoms with Crippen molar-refractivity contribution >= 4 is 5.97 Å². The number of aryl methyl sites for hydroxylation is 1. The van der Waals surface area contributed by atoms with E-state index in [1.807, 2.05) is 24.3 Å². The third-order valence-electron chi connectivity index (χ3n) is 2.38. The number of aliphatic carboxylic acids is 1. The minimum Gasteiger partial charge on any atom is -0.497 e. The summed E-state index contributed by atoms with van der Waals surface area (Å²) in [6, 6.07) is 7.79. The molecule has 1 rings (SSSR count). The molecule has 3 heteroatoms. The van der Waals surface area contributed by atoms with Crippen LogP contribution in [0, 0.1) is 0 Å². The van der Waals surface area contributed by atoms with Crippen molar-refractivity contribution in [2.75, 3.05) is 7.11 Å². The Morgan fingerprint density at radius 3 is 2.88 bits per heavy atom. The Morgan fingerprint density at radius 2 is 2.25 bits per heavy atom. The van der Waals surface area contributed by atoms with Gasteiger partial charge in [0.15, 0.2) is 0 Å². The summed E-state index contributed by atoms with van der Waals surface area (Å²) in [7, 11) is 1.63. The van der Waals surface area contributed by atoms with Gasteiger partial charge >= 0.3 is 5.97 Å². The van der Waals surface area contributed by atoms with Crippen molar-refractivity contribution in [1.82, 2.24) is 0 Å². The maximum absolute atomic E-state index is 10.5. The molecule has 0 fully saturated rings. The number of carboxylic acid groups (broad SMARTS) is 1. The fourth-order valence-corrected chi connectivity index (χ4v) is 1.44. The summed E-state index contributed by atoms with van der Waals surface area (Å²) >= 11 is 0. The molecule has 0 saturated carbocycles. The van der Waals surface area contributed by atoms with Gasteiger partial charge in [-0.05, 0) is 37.0 Å². The van der Waals surface area contributed by atoms with Crippen molar-refractivity contribution in [3.05, 3.63) is 42.0 Å². The summed E-state index contributed by atoms with van der Waals surface area (Å²) in [5.41, 5.74) is 1.42. The molecule has 0 aliphatic rings. The molecule has 0 heterocycles. The Bertz CT molecular complexity index is 383. The Balaban J connectivity index is 2.42. The first-order chi connectivity index (χ1) is 7.63. The molecule has 0 radical (unpaired) electrons. The van der Waals surface area contributed by atoms with Gasteiger partial charge in [0.1, 0.15) is 5.75 Å². The summed E-state index contributed by atoms with van der Waals surface area (Å²) in [5, 5.41) is 8.64. The minimum atomic E-state index is -0.911. The van der Waals surface area contributed by atoms with Crippen molar-refractivity contribution in [3.8, 4) is 5.75 Å². The number of benzene rings is 1. The van der Waals surface area contributed by atoms with Crippen LogP contribution in [0.1, 0.15) is 18.4 Å². The Kier molecular flexibility index (Phi) is 4.58. The SMILES string of the molecule is C=C(CCCc1cccc(OC)c1)C(=O)O. The average Bonchev–Trinajstić information content (AvgIpc) is 2.29. The van der Waals surface area contributed by atoms with E-state index in [9.17, 15) is 4.79 Å². The number of hydrogen-bond acceptors (Lipinski definition) is 2. The quantitative estimate of drug-likeness (QED) is 0.750. The third kappa shape index (κ3) is 3.77. The van der Waals surface area contributed by atoms with Crippen molar-refractivity contribution in [1.29, 1.82) is 0 Å². The van der Waals surface area contributed by atoms with Gasteiger partial charge in [-0.3, -0.25) is 0 Å². The highest BCUT2D eigenvalue weighted by atomic mass is 16.5. The topological polar surface area (TPSA) is 46.5 Å². The number of methoxy groups -OCH3 is 1. The van der Waals surface area contributed by atoms with Crippen LogP contribution >= 0.6 is 0 Å². The van der Waals surface area contributed by atoms with Gasteiger partial charge in [0.2, 0.25) is 0 Å². The second-order valence-electron chi connectivity index (χ2n) is 3.61. The zero-order valence-corrected chi connectivity index (χ0v) is 9.40. The molecule has 0 amide bonds. The molecule has 1 aromatic carbocycles. The number of hydrogen-bond donors (Lipinski definition) is 1. The van der Waals surface area contributed by atoms with Crippen LogP contribution in [0.2, 0.25) is 0 Å². The molecule has 0 atom stereocenters. The average molecular weight is 220 g/mol. The van der Waals surface area contributed by atoms with E-state index in [0.717, 1.165) is 24.2 Å². The number of rotatable bonds is 6. The van der Waals surface area contributed by atoms with Crippen LogP contribution < -0.4 is 4.74 Å². The van der Waals surface area contributed by atoms with E-state index in [0.29, 0.717) is 6.42 Å². The molecule has 1 aromatic rings. The smallest absolute Gasteiger partial charge is 0.330 e. The van der Waals surface area contributed by atoms with Gasteiger partial charge in [-0.2, -0.15) is 0 Å². The lowest BCUT2D eigenvalue weighted by atomic mass is 10.0. The molecule has 0 saturated heterocycles. The first kappa shape index (κ1) is 12.3. The van der Waals surface area contributed by atoms with Crippen LogP contribution in [-0.4, -0.2) is 18.2 Å². The molecular weight excluding hydrogens is 204 g/mol. The van der Waals surface area contributed by atoms with Crippen LogP contribution in [0.5, 0.6) is 5.75 Å². The first-order valence-electron chi connectivity index (χ1n) is 5.17. The minimum absolute atomic E-state index is 0.267. The fraction of sp³-hybridized carbons (Fsp3) is 0.308. The summed E-state index contributed by atoms with van der Waals surface area (Å²) in [4.78, 5) is 10.5. The van der Waals surface area contributed by atoms with E-state index in [4.69, 9.17) is 9.84 Å². The third-order valence-corrected chi connectivity index (χ3v) is 2.38. The second kappa shape index (κ2) is 5.95. The molecule has 0 unspecified atom stereocenters. The molecule has 3 nitrogen and oxygen atoms in total. The molecular formula is C13H16O3. The number of ether oxygens (including phenoxy) is 1. The predicted molar refractivity (Wildman–Crippen MR) is 62.7 cm³/mol. The van der Waals surface area contributed by atoms with E-state index >= 15 is 0 Å². The standard InChI is InChI=1S/C13H16O3/c1-10(13(14)15)5-3-6-11-7-4-8-12(9-11)16-2/h4,7-9H,1,3,5-6H2,2H3,(H,14,15). The van der Waals surface area contributed by atoms with Gasteiger partial charge in [-0.1, -0.05) is 18.7 Å². The van der Waals surface area contributed by atoms with Crippen molar-refractivity contribution in [2.45, 2.75) is 19.3 Å². The molecule has 86 valence electrons. The lowest BCUT2D eigenvalue weighted by Gasteiger charge is -2.04.